The molecule has 6 nitrogen and oxygen atoms in total. The van der Waals surface area contributed by atoms with Gasteiger partial charge in [0.2, 0.25) is 5.91 Å². The monoisotopic (exact) mass is 407 g/mol. The standard InChI is InChI=1S/C24H29N3O3/c1-15-9-8-12-19(16(15)2)26-22(28)21(27-23(29)30-24(3,4)5)13-17-14-25-20-11-7-6-10-18(17)20/h6-12,14,21,25H,13H2,1-5H3,(H,26,28)(H,27,29). The molecule has 1 aromatic heterocycles. The third-order valence-electron chi connectivity index (χ3n) is 4.97. The molecule has 0 bridgehead atoms. The maximum atomic E-state index is 13.1. The Balaban J connectivity index is 1.85. The lowest BCUT2D eigenvalue weighted by Gasteiger charge is -2.23. The van der Waals surface area contributed by atoms with E-state index in [-0.39, 0.29) is 5.91 Å². The molecule has 1 unspecified atom stereocenters. The number of fused-ring (bicyclic) bond motifs is 1. The molecular weight excluding hydrogens is 378 g/mol. The highest BCUT2D eigenvalue weighted by Crippen LogP contribution is 2.21. The number of H-pyrrole nitrogens is 1. The number of nitrogens with one attached hydrogen (secondary N) is 3. The number of anilines is 1. The van der Waals surface area contributed by atoms with Gasteiger partial charge in [-0.2, -0.15) is 0 Å². The van der Waals surface area contributed by atoms with E-state index >= 15 is 0 Å². The van der Waals surface area contributed by atoms with Crippen molar-refractivity contribution < 1.29 is 14.3 Å². The van der Waals surface area contributed by atoms with Crippen LogP contribution in [0.1, 0.15) is 37.5 Å². The predicted octanol–water partition coefficient (Wildman–Crippen LogP) is 4.86. The van der Waals surface area contributed by atoms with Crippen LogP contribution in [0.5, 0.6) is 0 Å². The molecule has 0 aliphatic heterocycles. The van der Waals surface area contributed by atoms with E-state index in [1.54, 1.807) is 20.8 Å². The summed E-state index contributed by atoms with van der Waals surface area (Å²) in [6.07, 6.45) is 1.59. The second kappa shape index (κ2) is 8.61. The fourth-order valence-corrected chi connectivity index (χ4v) is 3.29. The van der Waals surface area contributed by atoms with E-state index in [0.717, 1.165) is 33.3 Å². The Morgan fingerprint density at radius 3 is 2.53 bits per heavy atom. The van der Waals surface area contributed by atoms with Crippen LogP contribution >= 0.6 is 0 Å². The molecule has 0 radical (unpaired) electrons. The van der Waals surface area contributed by atoms with Crippen LogP contribution in [0.4, 0.5) is 10.5 Å². The highest BCUT2D eigenvalue weighted by atomic mass is 16.6. The van der Waals surface area contributed by atoms with Crippen LogP contribution in [-0.4, -0.2) is 28.6 Å². The van der Waals surface area contributed by atoms with Gasteiger partial charge in [0.15, 0.2) is 0 Å². The second-order valence-electron chi connectivity index (χ2n) is 8.50. The zero-order valence-electron chi connectivity index (χ0n) is 18.1. The van der Waals surface area contributed by atoms with E-state index in [2.05, 4.69) is 15.6 Å². The van der Waals surface area contributed by atoms with Gasteiger partial charge >= 0.3 is 6.09 Å². The van der Waals surface area contributed by atoms with Crippen LogP contribution in [0.15, 0.2) is 48.7 Å². The summed E-state index contributed by atoms with van der Waals surface area (Å²) in [6.45, 7) is 9.32. The minimum Gasteiger partial charge on any atom is -0.444 e. The summed E-state index contributed by atoms with van der Waals surface area (Å²) in [4.78, 5) is 28.8. The lowest BCUT2D eigenvalue weighted by molar-refractivity contribution is -0.118. The number of aryl methyl sites for hydroxylation is 1. The Bertz CT molecular complexity index is 1060. The van der Waals surface area contributed by atoms with Crippen LogP contribution < -0.4 is 10.6 Å². The minimum atomic E-state index is -0.793. The SMILES string of the molecule is Cc1cccc(NC(=O)C(Cc2c[nH]c3ccccc23)NC(=O)OC(C)(C)C)c1C. The van der Waals surface area contributed by atoms with E-state index < -0.39 is 17.7 Å². The van der Waals surface area contributed by atoms with Gasteiger partial charge in [-0.3, -0.25) is 4.79 Å². The quantitative estimate of drug-likeness (QED) is 0.565. The molecular formula is C24H29N3O3. The van der Waals surface area contributed by atoms with Gasteiger partial charge < -0.3 is 20.4 Å². The first kappa shape index (κ1) is 21.4. The average Bonchev–Trinajstić information content (AvgIpc) is 3.06. The van der Waals surface area contributed by atoms with Gasteiger partial charge in [-0.25, -0.2) is 4.79 Å². The third-order valence-corrected chi connectivity index (χ3v) is 4.97. The van der Waals surface area contributed by atoms with Gasteiger partial charge in [0.1, 0.15) is 11.6 Å². The molecule has 0 aliphatic carbocycles. The van der Waals surface area contributed by atoms with Gasteiger partial charge in [0.25, 0.3) is 0 Å². The summed E-state index contributed by atoms with van der Waals surface area (Å²) >= 11 is 0. The van der Waals surface area contributed by atoms with Crippen molar-refractivity contribution in [1.29, 1.82) is 0 Å². The molecule has 0 fully saturated rings. The number of hydrogen-bond donors (Lipinski definition) is 3. The molecule has 3 N–H and O–H groups in total. The van der Waals surface area contributed by atoms with Crippen LogP contribution in [-0.2, 0) is 16.0 Å². The lowest BCUT2D eigenvalue weighted by atomic mass is 10.0. The average molecular weight is 408 g/mol. The number of aromatic amines is 1. The summed E-state index contributed by atoms with van der Waals surface area (Å²) in [7, 11) is 0. The number of hydrogen-bond acceptors (Lipinski definition) is 3. The molecule has 1 heterocycles. The number of aromatic nitrogens is 1. The molecule has 1 atom stereocenters. The topological polar surface area (TPSA) is 83.2 Å². The van der Waals surface area contributed by atoms with E-state index in [9.17, 15) is 9.59 Å². The van der Waals surface area contributed by atoms with E-state index in [0.29, 0.717) is 6.42 Å². The Labute approximate surface area is 177 Å². The molecule has 0 saturated heterocycles. The Morgan fingerprint density at radius 2 is 1.80 bits per heavy atom. The van der Waals surface area contributed by atoms with Crippen LogP contribution in [0.3, 0.4) is 0 Å². The van der Waals surface area contributed by atoms with Gasteiger partial charge in [-0.05, 0) is 63.4 Å². The zero-order chi connectivity index (χ0) is 21.9. The third kappa shape index (κ3) is 5.20. The number of rotatable bonds is 5. The van der Waals surface area contributed by atoms with Crippen LogP contribution in [0.2, 0.25) is 0 Å². The molecule has 0 aliphatic rings. The van der Waals surface area contributed by atoms with Crippen molar-refractivity contribution in [2.75, 3.05) is 5.32 Å². The molecule has 3 aromatic rings. The highest BCUT2D eigenvalue weighted by Gasteiger charge is 2.26. The summed E-state index contributed by atoms with van der Waals surface area (Å²) in [5.74, 6) is -0.292. The lowest BCUT2D eigenvalue weighted by Crippen LogP contribution is -2.47. The Hall–Kier alpha value is -3.28. The van der Waals surface area contributed by atoms with Crippen molar-refractivity contribution in [1.82, 2.24) is 10.3 Å². The largest absolute Gasteiger partial charge is 0.444 e. The summed E-state index contributed by atoms with van der Waals surface area (Å²) in [6, 6.07) is 12.8. The minimum absolute atomic E-state index is 0.292. The number of amides is 2. The van der Waals surface area contributed by atoms with Gasteiger partial charge in [-0.15, -0.1) is 0 Å². The number of carbonyl (C=O) groups excluding carboxylic acids is 2. The normalized spacial score (nSPS) is 12.4. The molecule has 0 saturated carbocycles. The number of carbonyl (C=O) groups is 2. The number of alkyl carbamates (subject to hydrolysis) is 1. The number of benzene rings is 2. The summed E-state index contributed by atoms with van der Waals surface area (Å²) in [5.41, 5.74) is 4.09. The molecule has 30 heavy (non-hydrogen) atoms. The maximum absolute atomic E-state index is 13.1. The first-order valence-electron chi connectivity index (χ1n) is 10.1. The van der Waals surface area contributed by atoms with Crippen LogP contribution in [0, 0.1) is 13.8 Å². The molecule has 0 spiro atoms. The predicted molar refractivity (Wildman–Crippen MR) is 120 cm³/mol. The molecule has 3 rings (SSSR count). The van der Waals surface area contributed by atoms with Crippen molar-refractivity contribution >= 4 is 28.6 Å². The van der Waals surface area contributed by atoms with Crippen molar-refractivity contribution in [3.8, 4) is 0 Å². The van der Waals surface area contributed by atoms with Crippen molar-refractivity contribution in [3.05, 3.63) is 65.4 Å². The summed E-state index contributed by atoms with van der Waals surface area (Å²) < 4.78 is 5.38. The van der Waals surface area contributed by atoms with Crippen LogP contribution in [0.25, 0.3) is 10.9 Å². The number of ether oxygens (including phenoxy) is 1. The molecule has 6 heteroatoms. The van der Waals surface area contributed by atoms with Crippen molar-refractivity contribution in [2.45, 2.75) is 52.7 Å². The number of para-hydroxylation sites is 1. The van der Waals surface area contributed by atoms with Gasteiger partial charge in [0, 0.05) is 29.2 Å². The fourth-order valence-electron chi connectivity index (χ4n) is 3.29. The molecule has 158 valence electrons. The van der Waals surface area contributed by atoms with Gasteiger partial charge in [-0.1, -0.05) is 30.3 Å². The van der Waals surface area contributed by atoms with E-state index in [4.69, 9.17) is 4.74 Å². The van der Waals surface area contributed by atoms with Gasteiger partial charge in [0.05, 0.1) is 0 Å². The highest BCUT2D eigenvalue weighted by molar-refractivity contribution is 5.98. The van der Waals surface area contributed by atoms with Crippen molar-refractivity contribution in [2.24, 2.45) is 0 Å². The van der Waals surface area contributed by atoms with E-state index in [1.165, 1.54) is 0 Å². The Morgan fingerprint density at radius 1 is 1.07 bits per heavy atom. The van der Waals surface area contributed by atoms with E-state index in [1.807, 2.05) is 62.5 Å². The second-order valence-corrected chi connectivity index (χ2v) is 8.50. The maximum Gasteiger partial charge on any atom is 0.408 e. The first-order chi connectivity index (χ1) is 14.1. The molecule has 2 amide bonds. The smallest absolute Gasteiger partial charge is 0.408 e. The summed E-state index contributed by atoms with van der Waals surface area (Å²) in [5, 5.41) is 6.73. The zero-order valence-corrected chi connectivity index (χ0v) is 18.1. The van der Waals surface area contributed by atoms with Crippen molar-refractivity contribution in [3.63, 3.8) is 0 Å². The first-order valence-corrected chi connectivity index (χ1v) is 10.1. The fraction of sp³-hybridized carbons (Fsp3) is 0.333. The molecule has 2 aromatic carbocycles. The Kier molecular flexibility index (Phi) is 6.15.